The summed E-state index contributed by atoms with van der Waals surface area (Å²) in [5.41, 5.74) is 3.24. The van der Waals surface area contributed by atoms with Crippen LogP contribution in [0.25, 0.3) is 0 Å². The van der Waals surface area contributed by atoms with Gasteiger partial charge in [0.15, 0.2) is 6.10 Å². The predicted molar refractivity (Wildman–Crippen MR) is 220 cm³/mol. The third-order valence-electron chi connectivity index (χ3n) is 9.09. The van der Waals surface area contributed by atoms with Crippen molar-refractivity contribution in [2.75, 3.05) is 19.8 Å². The predicted octanol–water partition coefficient (Wildman–Crippen LogP) is 8.71. The zero-order valence-electron chi connectivity index (χ0n) is 35.0. The smallest absolute Gasteiger partial charge is 0.306 e. The molecule has 0 aliphatic rings. The van der Waals surface area contributed by atoms with E-state index in [0.717, 1.165) is 77.0 Å². The number of carboxylic acids is 1. The summed E-state index contributed by atoms with van der Waals surface area (Å²) in [7, 11) is -4.96. The van der Waals surface area contributed by atoms with Gasteiger partial charge < -0.3 is 39.0 Å². The zero-order chi connectivity index (χ0) is 41.4. The first-order valence-electron chi connectivity index (χ1n) is 21.7. The van der Waals surface area contributed by atoms with Gasteiger partial charge in [-0.05, 0) is 70.6 Å². The SMILES string of the molecule is CC/C=C\C/C=C\C/C=C\CCCCCCCC(=O)O[C@H](COC(=O)CCCCCCCCC/C=C\CCCCCCCC)COP(=O)([O-])OC[C@H]([NH3+])C(=O)[O-]. The summed E-state index contributed by atoms with van der Waals surface area (Å²) in [6.45, 7) is 2.56. The molecule has 324 valence electrons. The number of phosphoric acid groups is 1. The Morgan fingerprint density at radius 1 is 0.571 bits per heavy atom. The molecule has 0 fully saturated rings. The van der Waals surface area contributed by atoms with Gasteiger partial charge in [0, 0.05) is 12.8 Å². The van der Waals surface area contributed by atoms with Crippen molar-refractivity contribution in [3.05, 3.63) is 48.6 Å². The van der Waals surface area contributed by atoms with Crippen LogP contribution in [-0.4, -0.2) is 49.9 Å². The van der Waals surface area contributed by atoms with E-state index in [2.05, 4.69) is 72.7 Å². The maximum Gasteiger partial charge on any atom is 0.306 e. The van der Waals surface area contributed by atoms with Crippen LogP contribution in [0.5, 0.6) is 0 Å². The van der Waals surface area contributed by atoms with Gasteiger partial charge in [0.1, 0.15) is 25.2 Å². The number of esters is 2. The van der Waals surface area contributed by atoms with Crippen molar-refractivity contribution in [1.29, 1.82) is 0 Å². The van der Waals surface area contributed by atoms with Crippen LogP contribution in [0.1, 0.15) is 181 Å². The van der Waals surface area contributed by atoms with Crippen LogP contribution >= 0.6 is 7.82 Å². The van der Waals surface area contributed by atoms with E-state index in [1.54, 1.807) is 0 Å². The average Bonchev–Trinajstić information content (AvgIpc) is 3.17. The van der Waals surface area contributed by atoms with Gasteiger partial charge >= 0.3 is 11.9 Å². The lowest BCUT2D eigenvalue weighted by atomic mass is 10.1. The normalized spacial score (nSPS) is 14.2. The van der Waals surface area contributed by atoms with Crippen LogP contribution in [0, 0.1) is 0 Å². The number of carbonyl (C=O) groups excluding carboxylic acids is 3. The second kappa shape index (κ2) is 39.3. The molecule has 0 saturated carbocycles. The quantitative estimate of drug-likeness (QED) is 0.0272. The standard InChI is InChI=1S/C44H78NO10P/c1-3-5-7-9-11-13-15-17-19-20-22-23-25-27-29-31-33-35-42(46)52-37-40(38-53-56(50,51)54-39-41(45)44(48)49)55-43(47)36-34-32-30-28-26-24-21-18-16-14-12-10-8-6-4-2/h6,8,12,14,17-19,21,40-41H,3-5,7,9-11,13,15-16,20,22-39,45H2,1-2H3,(H,48,49)(H,50,51)/p-1/b8-6-,14-12-,19-17-,21-18-/t40-,41+/m1/s1. The van der Waals surface area contributed by atoms with E-state index in [9.17, 15) is 28.9 Å². The summed E-state index contributed by atoms with van der Waals surface area (Å²) in [6.07, 6.45) is 43.0. The van der Waals surface area contributed by atoms with Crippen LogP contribution < -0.4 is 15.7 Å². The van der Waals surface area contributed by atoms with E-state index in [0.29, 0.717) is 12.8 Å². The van der Waals surface area contributed by atoms with E-state index in [1.165, 1.54) is 64.2 Å². The first kappa shape index (κ1) is 53.4. The van der Waals surface area contributed by atoms with Crippen LogP contribution in [-0.2, 0) is 37.5 Å². The number of hydrogen-bond donors (Lipinski definition) is 1. The molecule has 3 atom stereocenters. The van der Waals surface area contributed by atoms with E-state index < -0.39 is 51.1 Å². The molecule has 11 nitrogen and oxygen atoms in total. The maximum absolute atomic E-state index is 12.6. The highest BCUT2D eigenvalue weighted by Crippen LogP contribution is 2.38. The highest BCUT2D eigenvalue weighted by Gasteiger charge is 2.22. The van der Waals surface area contributed by atoms with Gasteiger partial charge in [0.25, 0.3) is 7.82 Å². The molecular formula is C44H77NO10P-. The fourth-order valence-corrected chi connectivity index (χ4v) is 6.45. The maximum atomic E-state index is 12.6. The molecule has 3 N–H and O–H groups in total. The second-order valence-electron chi connectivity index (χ2n) is 14.5. The van der Waals surface area contributed by atoms with Gasteiger partial charge in [-0.3, -0.25) is 14.2 Å². The number of unbranched alkanes of at least 4 members (excludes halogenated alkanes) is 18. The molecule has 0 aliphatic heterocycles. The molecule has 0 spiro atoms. The third-order valence-corrected chi connectivity index (χ3v) is 10.0. The van der Waals surface area contributed by atoms with Crippen molar-refractivity contribution >= 4 is 25.7 Å². The Bertz CT molecular complexity index is 1140. The number of allylic oxidation sites excluding steroid dienone is 8. The van der Waals surface area contributed by atoms with Crippen LogP contribution in [0.3, 0.4) is 0 Å². The fraction of sp³-hybridized carbons (Fsp3) is 0.750. The minimum Gasteiger partial charge on any atom is -0.756 e. The largest absolute Gasteiger partial charge is 0.756 e. The summed E-state index contributed by atoms with van der Waals surface area (Å²) < 4.78 is 32.3. The summed E-state index contributed by atoms with van der Waals surface area (Å²) in [6, 6.07) is -1.43. The molecule has 0 saturated heterocycles. The van der Waals surface area contributed by atoms with Crippen molar-refractivity contribution in [2.45, 2.75) is 193 Å². The lowest BCUT2D eigenvalue weighted by molar-refractivity contribution is -0.441. The van der Waals surface area contributed by atoms with Gasteiger partial charge in [-0.2, -0.15) is 0 Å². The topological polar surface area (TPSA) is 179 Å². The lowest BCUT2D eigenvalue weighted by Gasteiger charge is -2.26. The number of quaternary nitrogens is 1. The van der Waals surface area contributed by atoms with Gasteiger partial charge in [-0.25, -0.2) is 0 Å². The minimum absolute atomic E-state index is 0.125. The molecule has 0 rings (SSSR count). The molecule has 0 amide bonds. The molecule has 0 aromatic rings. The molecule has 0 aromatic heterocycles. The monoisotopic (exact) mass is 811 g/mol. The first-order valence-corrected chi connectivity index (χ1v) is 23.2. The molecule has 0 aromatic carbocycles. The highest BCUT2D eigenvalue weighted by molar-refractivity contribution is 7.45. The molecule has 1 unspecified atom stereocenters. The van der Waals surface area contributed by atoms with E-state index in [1.807, 2.05) is 0 Å². The minimum atomic E-state index is -4.96. The number of aliphatic carboxylic acids is 1. The molecular weight excluding hydrogens is 733 g/mol. The van der Waals surface area contributed by atoms with Crippen molar-refractivity contribution in [3.8, 4) is 0 Å². The number of phosphoric ester groups is 1. The van der Waals surface area contributed by atoms with Gasteiger partial charge in [-0.1, -0.05) is 146 Å². The average molecular weight is 811 g/mol. The summed E-state index contributed by atoms with van der Waals surface area (Å²) in [5.74, 6) is -2.61. The molecule has 56 heavy (non-hydrogen) atoms. The Morgan fingerprint density at radius 3 is 1.52 bits per heavy atom. The number of ether oxygens (including phenoxy) is 2. The zero-order valence-corrected chi connectivity index (χ0v) is 35.9. The molecule has 12 heteroatoms. The first-order chi connectivity index (χ1) is 27.1. The third kappa shape index (κ3) is 38.3. The van der Waals surface area contributed by atoms with E-state index >= 15 is 0 Å². The number of rotatable bonds is 40. The number of hydrogen-bond acceptors (Lipinski definition) is 10. The van der Waals surface area contributed by atoms with Gasteiger partial charge in [0.2, 0.25) is 0 Å². The van der Waals surface area contributed by atoms with E-state index in [4.69, 9.17) is 14.0 Å². The van der Waals surface area contributed by atoms with Gasteiger partial charge in [0.05, 0.1) is 6.61 Å². The number of carbonyl (C=O) groups is 3. The van der Waals surface area contributed by atoms with Crippen LogP contribution in [0.15, 0.2) is 48.6 Å². The Balaban J connectivity index is 4.39. The van der Waals surface area contributed by atoms with Crippen molar-refractivity contribution < 1.29 is 53.2 Å². The molecule has 0 aliphatic carbocycles. The van der Waals surface area contributed by atoms with Crippen LogP contribution in [0.4, 0.5) is 0 Å². The second-order valence-corrected chi connectivity index (χ2v) is 15.9. The summed E-state index contributed by atoms with van der Waals surface area (Å²) in [4.78, 5) is 48.0. The van der Waals surface area contributed by atoms with E-state index in [-0.39, 0.29) is 19.4 Å². The van der Waals surface area contributed by atoms with Crippen LogP contribution in [0.2, 0.25) is 0 Å². The van der Waals surface area contributed by atoms with Gasteiger partial charge in [-0.15, -0.1) is 0 Å². The number of carboxylic acid groups (broad SMARTS) is 1. The molecule has 0 heterocycles. The van der Waals surface area contributed by atoms with Crippen molar-refractivity contribution in [1.82, 2.24) is 0 Å². The van der Waals surface area contributed by atoms with Crippen molar-refractivity contribution in [2.24, 2.45) is 0 Å². The Kier molecular flexibility index (Phi) is 37.5. The highest BCUT2D eigenvalue weighted by atomic mass is 31.2. The summed E-state index contributed by atoms with van der Waals surface area (Å²) >= 11 is 0. The summed E-state index contributed by atoms with van der Waals surface area (Å²) in [5, 5.41) is 10.8. The Hall–Kier alpha value is -2.56. The van der Waals surface area contributed by atoms with Crippen molar-refractivity contribution in [3.63, 3.8) is 0 Å². The molecule has 0 radical (unpaired) electrons. The Morgan fingerprint density at radius 2 is 1.00 bits per heavy atom. The Labute approximate surface area is 339 Å². The fourth-order valence-electron chi connectivity index (χ4n) is 5.66. The lowest BCUT2D eigenvalue weighted by Crippen LogP contribution is -2.70. The molecule has 0 bridgehead atoms.